The van der Waals surface area contributed by atoms with Crippen molar-refractivity contribution in [3.05, 3.63) is 48.0 Å². The van der Waals surface area contributed by atoms with Crippen LogP contribution in [0.15, 0.2) is 42.5 Å². The number of hydrogen-bond donors (Lipinski definition) is 2. The molecule has 0 bridgehead atoms. The lowest BCUT2D eigenvalue weighted by atomic mass is 10.0. The van der Waals surface area contributed by atoms with Crippen LogP contribution < -0.4 is 4.74 Å². The largest absolute Gasteiger partial charge is 0.507 e. The summed E-state index contributed by atoms with van der Waals surface area (Å²) in [5.41, 5.74) is -0.0923. The van der Waals surface area contributed by atoms with Gasteiger partial charge in [0.25, 0.3) is 0 Å². The number of carbonyl (C=O) groups is 1. The highest BCUT2D eigenvalue weighted by atomic mass is 16.5. The van der Waals surface area contributed by atoms with E-state index in [1.807, 2.05) is 30.3 Å². The quantitative estimate of drug-likeness (QED) is 0.699. The van der Waals surface area contributed by atoms with Crippen molar-refractivity contribution in [3.8, 4) is 11.5 Å². The van der Waals surface area contributed by atoms with Crippen LogP contribution in [-0.4, -0.2) is 23.3 Å². The molecule has 0 heterocycles. The van der Waals surface area contributed by atoms with Crippen LogP contribution >= 0.6 is 0 Å². The Morgan fingerprint density at radius 1 is 0.950 bits per heavy atom. The van der Waals surface area contributed by atoms with Crippen LogP contribution in [0.1, 0.15) is 10.4 Å². The van der Waals surface area contributed by atoms with Gasteiger partial charge in [-0.05, 0) is 57.9 Å². The average Bonchev–Trinajstić information content (AvgIpc) is 2.43. The molecular weight excluding hydrogens is 256 g/mol. The zero-order valence-electron chi connectivity index (χ0n) is 10.8. The highest BCUT2D eigenvalue weighted by molar-refractivity contribution is 6.03. The third-order valence-corrected chi connectivity index (χ3v) is 3.35. The summed E-state index contributed by atoms with van der Waals surface area (Å²) < 4.78 is 5.18. The molecule has 0 aliphatic heterocycles. The van der Waals surface area contributed by atoms with E-state index >= 15 is 0 Å². The predicted molar refractivity (Wildman–Crippen MR) is 76.6 cm³/mol. The van der Waals surface area contributed by atoms with Gasteiger partial charge in [0.2, 0.25) is 0 Å². The molecule has 0 fully saturated rings. The summed E-state index contributed by atoms with van der Waals surface area (Å²) in [4.78, 5) is 11.0. The van der Waals surface area contributed by atoms with Crippen LogP contribution in [0.25, 0.3) is 21.5 Å². The molecule has 3 aromatic carbocycles. The number of fused-ring (bicyclic) bond motifs is 2. The lowest BCUT2D eigenvalue weighted by Gasteiger charge is -2.07. The Morgan fingerprint density at radius 3 is 2.30 bits per heavy atom. The molecule has 0 radical (unpaired) electrons. The Balaban J connectivity index is 2.32. The van der Waals surface area contributed by atoms with Crippen molar-refractivity contribution >= 4 is 27.5 Å². The van der Waals surface area contributed by atoms with E-state index in [2.05, 4.69) is 0 Å². The van der Waals surface area contributed by atoms with Crippen molar-refractivity contribution in [1.29, 1.82) is 0 Å². The number of carboxylic acids is 1. The Labute approximate surface area is 114 Å². The Morgan fingerprint density at radius 2 is 1.60 bits per heavy atom. The van der Waals surface area contributed by atoms with Gasteiger partial charge in [0, 0.05) is 0 Å². The third kappa shape index (κ3) is 1.91. The van der Waals surface area contributed by atoms with Crippen LogP contribution in [0.3, 0.4) is 0 Å². The molecule has 0 aromatic heterocycles. The number of rotatable bonds is 2. The second kappa shape index (κ2) is 4.42. The van der Waals surface area contributed by atoms with E-state index in [9.17, 15) is 9.90 Å². The van der Waals surface area contributed by atoms with E-state index in [4.69, 9.17) is 9.84 Å². The van der Waals surface area contributed by atoms with Gasteiger partial charge in [-0.3, -0.25) is 0 Å². The zero-order valence-corrected chi connectivity index (χ0v) is 10.8. The molecule has 0 aliphatic carbocycles. The summed E-state index contributed by atoms with van der Waals surface area (Å²) in [7, 11) is 1.60. The molecule has 0 atom stereocenters. The fourth-order valence-electron chi connectivity index (χ4n) is 2.31. The van der Waals surface area contributed by atoms with Gasteiger partial charge in [0.05, 0.1) is 7.11 Å². The molecule has 0 saturated heterocycles. The molecule has 0 aliphatic rings. The average molecular weight is 268 g/mol. The second-order valence-corrected chi connectivity index (χ2v) is 4.59. The summed E-state index contributed by atoms with van der Waals surface area (Å²) in [6.07, 6.45) is 0. The van der Waals surface area contributed by atoms with Gasteiger partial charge in [-0.15, -0.1) is 0 Å². The van der Waals surface area contributed by atoms with Gasteiger partial charge in [0.15, 0.2) is 0 Å². The summed E-state index contributed by atoms with van der Waals surface area (Å²) in [6, 6.07) is 12.4. The van der Waals surface area contributed by atoms with E-state index in [0.29, 0.717) is 0 Å². The molecule has 3 aromatic rings. The third-order valence-electron chi connectivity index (χ3n) is 3.35. The molecule has 0 saturated carbocycles. The van der Waals surface area contributed by atoms with Gasteiger partial charge >= 0.3 is 5.97 Å². The van der Waals surface area contributed by atoms with Crippen LogP contribution in [0.4, 0.5) is 0 Å². The van der Waals surface area contributed by atoms with Gasteiger partial charge in [-0.1, -0.05) is 6.07 Å². The molecule has 0 spiro atoms. The molecule has 0 amide bonds. The molecule has 0 unspecified atom stereocenters. The first kappa shape index (κ1) is 12.3. The van der Waals surface area contributed by atoms with Gasteiger partial charge in [-0.25, -0.2) is 4.79 Å². The van der Waals surface area contributed by atoms with Crippen molar-refractivity contribution in [2.75, 3.05) is 7.11 Å². The number of benzene rings is 3. The zero-order chi connectivity index (χ0) is 14.3. The Bertz CT molecular complexity index is 837. The maximum Gasteiger partial charge on any atom is 0.339 e. The number of methoxy groups -OCH3 is 1. The molecule has 4 heteroatoms. The van der Waals surface area contributed by atoms with Crippen molar-refractivity contribution in [2.45, 2.75) is 0 Å². The minimum absolute atomic E-state index is 0.0923. The van der Waals surface area contributed by atoms with Crippen molar-refractivity contribution < 1.29 is 19.7 Å². The fourth-order valence-corrected chi connectivity index (χ4v) is 2.31. The highest BCUT2D eigenvalue weighted by Crippen LogP contribution is 2.30. The molecule has 2 N–H and O–H groups in total. The molecule has 4 nitrogen and oxygen atoms in total. The molecule has 100 valence electrons. The van der Waals surface area contributed by atoms with Crippen LogP contribution in [0, 0.1) is 0 Å². The maximum atomic E-state index is 11.0. The number of aromatic carboxylic acids is 1. The van der Waals surface area contributed by atoms with Crippen LogP contribution in [-0.2, 0) is 0 Å². The van der Waals surface area contributed by atoms with Crippen molar-refractivity contribution in [1.82, 2.24) is 0 Å². The van der Waals surface area contributed by atoms with E-state index in [1.54, 1.807) is 7.11 Å². The fraction of sp³-hybridized carbons (Fsp3) is 0.0625. The summed E-state index contributed by atoms with van der Waals surface area (Å²) in [5.74, 6) is -0.616. The van der Waals surface area contributed by atoms with Crippen LogP contribution in [0.2, 0.25) is 0 Å². The van der Waals surface area contributed by atoms with Gasteiger partial charge in [0.1, 0.15) is 17.1 Å². The number of hydrogen-bond acceptors (Lipinski definition) is 3. The minimum Gasteiger partial charge on any atom is -0.507 e. The number of ether oxygens (including phenoxy) is 1. The highest BCUT2D eigenvalue weighted by Gasteiger charge is 2.11. The maximum absolute atomic E-state index is 11.0. The first-order valence-electron chi connectivity index (χ1n) is 6.06. The van der Waals surface area contributed by atoms with E-state index in [1.165, 1.54) is 12.1 Å². The SMILES string of the molecule is COc1ccc2cc3cc(C(=O)O)c(O)cc3cc2c1. The Hall–Kier alpha value is -2.75. The van der Waals surface area contributed by atoms with Crippen molar-refractivity contribution in [2.24, 2.45) is 0 Å². The minimum atomic E-state index is -1.14. The first-order valence-corrected chi connectivity index (χ1v) is 6.06. The van der Waals surface area contributed by atoms with E-state index < -0.39 is 5.97 Å². The molecule has 3 rings (SSSR count). The standard InChI is InChI=1S/C16H12O4/c1-20-13-3-2-9-4-11-7-14(16(18)19)15(17)8-12(11)5-10(9)6-13/h2-8,17H,1H3,(H,18,19). The van der Waals surface area contributed by atoms with E-state index in [-0.39, 0.29) is 11.3 Å². The lowest BCUT2D eigenvalue weighted by Crippen LogP contribution is -1.96. The number of aromatic hydroxyl groups is 1. The van der Waals surface area contributed by atoms with Crippen LogP contribution in [0.5, 0.6) is 11.5 Å². The summed E-state index contributed by atoms with van der Waals surface area (Å²) in [6.45, 7) is 0. The number of phenols is 1. The summed E-state index contributed by atoms with van der Waals surface area (Å²) in [5, 5.41) is 22.3. The first-order chi connectivity index (χ1) is 9.58. The second-order valence-electron chi connectivity index (χ2n) is 4.59. The van der Waals surface area contributed by atoms with Gasteiger partial charge < -0.3 is 14.9 Å². The predicted octanol–water partition coefficient (Wildman–Crippen LogP) is 3.41. The smallest absolute Gasteiger partial charge is 0.339 e. The monoisotopic (exact) mass is 268 g/mol. The topological polar surface area (TPSA) is 66.8 Å². The molecule has 20 heavy (non-hydrogen) atoms. The molecular formula is C16H12O4. The lowest BCUT2D eigenvalue weighted by molar-refractivity contribution is 0.0694. The van der Waals surface area contributed by atoms with E-state index in [0.717, 1.165) is 27.3 Å². The Kier molecular flexibility index (Phi) is 2.71. The number of carboxylic acid groups (broad SMARTS) is 1. The van der Waals surface area contributed by atoms with Crippen molar-refractivity contribution in [3.63, 3.8) is 0 Å². The normalized spacial score (nSPS) is 10.8. The van der Waals surface area contributed by atoms with Gasteiger partial charge in [-0.2, -0.15) is 0 Å². The summed E-state index contributed by atoms with van der Waals surface area (Å²) >= 11 is 0.